The van der Waals surface area contributed by atoms with Crippen LogP contribution in [-0.2, 0) is 13.1 Å². The third kappa shape index (κ3) is 3.88. The normalized spacial score (nSPS) is 11.0. The first kappa shape index (κ1) is 18.2. The van der Waals surface area contributed by atoms with Crippen LogP contribution in [0.15, 0.2) is 78.9 Å². The van der Waals surface area contributed by atoms with Crippen molar-refractivity contribution < 1.29 is 4.74 Å². The number of imidazole rings is 1. The maximum absolute atomic E-state index is 8.73. The summed E-state index contributed by atoms with van der Waals surface area (Å²) >= 11 is 0. The molecule has 0 aliphatic carbocycles. The Kier molecular flexibility index (Phi) is 5.33. The van der Waals surface area contributed by atoms with E-state index in [0.717, 1.165) is 40.8 Å². The molecule has 0 spiro atoms. The van der Waals surface area contributed by atoms with Gasteiger partial charge in [-0.05, 0) is 36.2 Å². The van der Waals surface area contributed by atoms with Crippen LogP contribution in [0.4, 0.5) is 0 Å². The molecule has 1 N–H and O–H groups in total. The van der Waals surface area contributed by atoms with E-state index in [9.17, 15) is 0 Å². The lowest BCUT2D eigenvalue weighted by molar-refractivity contribution is 0.301. The van der Waals surface area contributed by atoms with E-state index < -0.39 is 0 Å². The molecule has 0 aliphatic rings. The molecule has 0 aliphatic heterocycles. The number of ether oxygens (including phenoxy) is 1. The minimum absolute atomic E-state index is 0.489. The van der Waals surface area contributed by atoms with Crippen molar-refractivity contribution in [1.29, 1.82) is 5.41 Å². The highest BCUT2D eigenvalue weighted by molar-refractivity contribution is 6.32. The van der Waals surface area contributed by atoms with Crippen LogP contribution in [-0.4, -0.2) is 23.6 Å². The van der Waals surface area contributed by atoms with Crippen LogP contribution in [0.3, 0.4) is 0 Å². The van der Waals surface area contributed by atoms with Gasteiger partial charge in [-0.15, -0.1) is 0 Å². The van der Waals surface area contributed by atoms with Crippen molar-refractivity contribution >= 4 is 24.3 Å². The lowest BCUT2D eigenvalue weighted by Crippen LogP contribution is -2.26. The van der Waals surface area contributed by atoms with Gasteiger partial charge in [0.15, 0.2) is 0 Å². The number of rotatable bonds is 7. The third-order valence-electron chi connectivity index (χ3n) is 4.80. The second kappa shape index (κ2) is 8.22. The number of para-hydroxylation sites is 3. The molecule has 138 valence electrons. The van der Waals surface area contributed by atoms with Crippen molar-refractivity contribution in [2.45, 2.75) is 19.5 Å². The summed E-state index contributed by atoms with van der Waals surface area (Å²) in [6, 6.07) is 25.8. The van der Waals surface area contributed by atoms with Crippen molar-refractivity contribution in [3.05, 3.63) is 90.0 Å². The molecular formula is C23H22BN3O. The molecule has 0 amide bonds. The summed E-state index contributed by atoms with van der Waals surface area (Å²) in [6.07, 6.45) is 0.831. The quantitative estimate of drug-likeness (QED) is 0.396. The summed E-state index contributed by atoms with van der Waals surface area (Å²) in [6.45, 7) is 1.97. The first-order chi connectivity index (χ1) is 13.7. The lowest BCUT2D eigenvalue weighted by atomic mass is 9.94. The van der Waals surface area contributed by atoms with Crippen LogP contribution < -0.4 is 15.8 Å². The second-order valence-corrected chi connectivity index (χ2v) is 6.81. The van der Waals surface area contributed by atoms with Crippen molar-refractivity contribution in [3.8, 4) is 5.75 Å². The second-order valence-electron chi connectivity index (χ2n) is 6.81. The molecule has 1 heterocycles. The standard InChI is InChI=1S/C23H22BN3O/c24-19-9-6-8-18(16-19)17-27-22-13-5-4-12-21(22)26(23(27)25)14-7-15-28-20-10-2-1-3-11-20/h1-6,8-13,16,25H,7,14-15,17H2. The topological polar surface area (TPSA) is 42.9 Å². The molecular weight excluding hydrogens is 345 g/mol. The van der Waals surface area contributed by atoms with E-state index in [2.05, 4.69) is 16.7 Å². The van der Waals surface area contributed by atoms with E-state index in [0.29, 0.717) is 18.8 Å². The number of hydrogen-bond acceptors (Lipinski definition) is 2. The highest BCUT2D eigenvalue weighted by Crippen LogP contribution is 2.15. The van der Waals surface area contributed by atoms with Gasteiger partial charge in [-0.3, -0.25) is 5.41 Å². The molecule has 0 atom stereocenters. The SMILES string of the molecule is [B]c1cccc(Cn2c(=N)n(CCCOc3ccccc3)c3ccccc32)c1. The Balaban J connectivity index is 1.55. The molecule has 0 fully saturated rings. The Hall–Kier alpha value is -3.21. The predicted octanol–water partition coefficient (Wildman–Crippen LogP) is 3.23. The average molecular weight is 367 g/mol. The summed E-state index contributed by atoms with van der Waals surface area (Å²) in [4.78, 5) is 0. The molecule has 0 bridgehead atoms. The molecule has 4 nitrogen and oxygen atoms in total. The Morgan fingerprint density at radius 2 is 1.54 bits per heavy atom. The fourth-order valence-electron chi connectivity index (χ4n) is 3.48. The molecule has 1 aromatic heterocycles. The van der Waals surface area contributed by atoms with Gasteiger partial charge in [0.2, 0.25) is 5.62 Å². The van der Waals surface area contributed by atoms with Crippen molar-refractivity contribution in [1.82, 2.24) is 9.13 Å². The van der Waals surface area contributed by atoms with Crippen LogP contribution >= 0.6 is 0 Å². The van der Waals surface area contributed by atoms with Gasteiger partial charge in [0.05, 0.1) is 24.2 Å². The number of aryl methyl sites for hydroxylation is 1. The van der Waals surface area contributed by atoms with Crippen LogP contribution in [0, 0.1) is 5.41 Å². The molecule has 28 heavy (non-hydrogen) atoms. The summed E-state index contributed by atoms with van der Waals surface area (Å²) in [7, 11) is 5.92. The molecule has 0 saturated heterocycles. The molecule has 4 aromatic rings. The first-order valence-electron chi connectivity index (χ1n) is 9.47. The third-order valence-corrected chi connectivity index (χ3v) is 4.80. The van der Waals surface area contributed by atoms with Gasteiger partial charge >= 0.3 is 0 Å². The van der Waals surface area contributed by atoms with E-state index in [1.54, 1.807) is 0 Å². The fourth-order valence-corrected chi connectivity index (χ4v) is 3.48. The molecule has 0 unspecified atom stereocenters. The maximum Gasteiger partial charge on any atom is 0.203 e. The molecule has 0 saturated carbocycles. The Labute approximate surface area is 165 Å². The van der Waals surface area contributed by atoms with Crippen molar-refractivity contribution in [3.63, 3.8) is 0 Å². The number of hydrogen-bond donors (Lipinski definition) is 1. The van der Waals surface area contributed by atoms with Crippen molar-refractivity contribution in [2.24, 2.45) is 0 Å². The van der Waals surface area contributed by atoms with Crippen molar-refractivity contribution in [2.75, 3.05) is 6.61 Å². The highest BCUT2D eigenvalue weighted by atomic mass is 16.5. The Morgan fingerprint density at radius 3 is 2.29 bits per heavy atom. The number of fused-ring (bicyclic) bond motifs is 1. The van der Waals surface area contributed by atoms with E-state index in [1.165, 1.54) is 0 Å². The summed E-state index contributed by atoms with van der Waals surface area (Å²) < 4.78 is 9.88. The molecule has 5 heteroatoms. The van der Waals surface area contributed by atoms with E-state index in [-0.39, 0.29) is 0 Å². The zero-order valence-electron chi connectivity index (χ0n) is 15.7. The predicted molar refractivity (Wildman–Crippen MR) is 113 cm³/mol. The minimum Gasteiger partial charge on any atom is -0.494 e. The number of aromatic nitrogens is 2. The van der Waals surface area contributed by atoms with Gasteiger partial charge in [-0.1, -0.05) is 60.1 Å². The van der Waals surface area contributed by atoms with Gasteiger partial charge < -0.3 is 13.9 Å². The van der Waals surface area contributed by atoms with Crippen LogP contribution in [0.5, 0.6) is 5.75 Å². The Bertz CT molecular complexity index is 1130. The number of nitrogens with one attached hydrogen (secondary N) is 1. The van der Waals surface area contributed by atoms with E-state index >= 15 is 0 Å². The summed E-state index contributed by atoms with van der Waals surface area (Å²) in [5, 5.41) is 8.73. The zero-order valence-corrected chi connectivity index (χ0v) is 15.7. The van der Waals surface area contributed by atoms with E-state index in [1.807, 2.05) is 71.3 Å². The smallest absolute Gasteiger partial charge is 0.203 e. The van der Waals surface area contributed by atoms with Crippen LogP contribution in [0.1, 0.15) is 12.0 Å². The monoisotopic (exact) mass is 367 g/mol. The number of benzene rings is 3. The fraction of sp³-hybridized carbons (Fsp3) is 0.174. The zero-order chi connectivity index (χ0) is 19.3. The van der Waals surface area contributed by atoms with Gasteiger partial charge in [0.1, 0.15) is 13.6 Å². The van der Waals surface area contributed by atoms with Gasteiger partial charge in [-0.2, -0.15) is 0 Å². The lowest BCUT2D eigenvalue weighted by Gasteiger charge is -2.08. The van der Waals surface area contributed by atoms with Gasteiger partial charge in [-0.25, -0.2) is 0 Å². The van der Waals surface area contributed by atoms with Gasteiger partial charge in [0.25, 0.3) is 0 Å². The first-order valence-corrected chi connectivity index (χ1v) is 9.47. The minimum atomic E-state index is 0.489. The number of nitrogens with zero attached hydrogens (tertiary/aromatic N) is 2. The van der Waals surface area contributed by atoms with Crippen LogP contribution in [0.2, 0.25) is 0 Å². The van der Waals surface area contributed by atoms with Gasteiger partial charge in [0, 0.05) is 6.54 Å². The summed E-state index contributed by atoms with van der Waals surface area (Å²) in [5.74, 6) is 0.877. The van der Waals surface area contributed by atoms with E-state index in [4.69, 9.17) is 18.0 Å². The molecule has 4 rings (SSSR count). The average Bonchev–Trinajstić information content (AvgIpc) is 2.98. The molecule has 2 radical (unpaired) electrons. The molecule has 3 aromatic carbocycles. The van der Waals surface area contributed by atoms with Crippen LogP contribution in [0.25, 0.3) is 11.0 Å². The largest absolute Gasteiger partial charge is 0.494 e. The highest BCUT2D eigenvalue weighted by Gasteiger charge is 2.11. The Morgan fingerprint density at radius 1 is 0.821 bits per heavy atom. The maximum atomic E-state index is 8.73. The summed E-state index contributed by atoms with van der Waals surface area (Å²) in [5.41, 5.74) is 4.44.